The van der Waals surface area contributed by atoms with Crippen LogP contribution >= 0.6 is 0 Å². The fourth-order valence-corrected chi connectivity index (χ4v) is 1.77. The Morgan fingerprint density at radius 3 is 2.82 bits per heavy atom. The van der Waals surface area contributed by atoms with Gasteiger partial charge in [-0.25, -0.2) is 0 Å². The molecule has 0 aliphatic heterocycles. The van der Waals surface area contributed by atoms with Gasteiger partial charge >= 0.3 is 0 Å². The van der Waals surface area contributed by atoms with E-state index in [1.54, 1.807) is 7.11 Å². The lowest BCUT2D eigenvalue weighted by Crippen LogP contribution is -2.02. The zero-order chi connectivity index (χ0) is 12.1. The van der Waals surface area contributed by atoms with Crippen molar-refractivity contribution >= 4 is 10.9 Å². The van der Waals surface area contributed by atoms with Crippen molar-refractivity contribution in [1.82, 2.24) is 4.98 Å². The molecule has 0 saturated heterocycles. The highest BCUT2D eigenvalue weighted by Crippen LogP contribution is 2.25. The number of methoxy groups -OCH3 is 1. The van der Waals surface area contributed by atoms with Gasteiger partial charge in [0.05, 0.1) is 12.1 Å². The highest BCUT2D eigenvalue weighted by Gasteiger charge is 2.04. The van der Waals surface area contributed by atoms with E-state index >= 15 is 0 Å². The minimum Gasteiger partial charge on any atom is -0.493 e. The van der Waals surface area contributed by atoms with Gasteiger partial charge in [-0.2, -0.15) is 0 Å². The van der Waals surface area contributed by atoms with Gasteiger partial charge < -0.3 is 9.47 Å². The second-order valence-electron chi connectivity index (χ2n) is 3.97. The van der Waals surface area contributed by atoms with Crippen LogP contribution in [0.5, 0.6) is 5.75 Å². The Bertz CT molecular complexity index is 497. The smallest absolute Gasteiger partial charge is 0.130 e. The van der Waals surface area contributed by atoms with Crippen LogP contribution < -0.4 is 4.74 Å². The van der Waals surface area contributed by atoms with E-state index in [0.29, 0.717) is 6.61 Å². The third-order valence-corrected chi connectivity index (χ3v) is 2.56. The fraction of sp³-hybridized carbons (Fsp3) is 0.357. The molecule has 0 atom stereocenters. The Morgan fingerprint density at radius 2 is 2.00 bits per heavy atom. The van der Waals surface area contributed by atoms with E-state index in [4.69, 9.17) is 9.47 Å². The molecule has 0 unspecified atom stereocenters. The maximum absolute atomic E-state index is 5.78. The van der Waals surface area contributed by atoms with E-state index in [0.717, 1.165) is 35.4 Å². The molecule has 1 aromatic heterocycles. The molecule has 0 amide bonds. The monoisotopic (exact) mass is 231 g/mol. The lowest BCUT2D eigenvalue weighted by Gasteiger charge is -2.09. The lowest BCUT2D eigenvalue weighted by molar-refractivity contribution is 0.172. The molecule has 3 heteroatoms. The van der Waals surface area contributed by atoms with Crippen LogP contribution in [0.1, 0.15) is 12.1 Å². The van der Waals surface area contributed by atoms with Gasteiger partial charge in [0.2, 0.25) is 0 Å². The van der Waals surface area contributed by atoms with Crippen molar-refractivity contribution < 1.29 is 9.47 Å². The number of hydrogen-bond acceptors (Lipinski definition) is 3. The van der Waals surface area contributed by atoms with Gasteiger partial charge in [-0.3, -0.25) is 4.98 Å². The molecule has 0 N–H and O–H groups in total. The molecule has 0 bridgehead atoms. The number of aryl methyl sites for hydroxylation is 1. The van der Waals surface area contributed by atoms with Gasteiger partial charge in [-0.15, -0.1) is 0 Å². The number of aromatic nitrogens is 1. The highest BCUT2D eigenvalue weighted by atomic mass is 16.5. The van der Waals surface area contributed by atoms with Crippen molar-refractivity contribution in [2.75, 3.05) is 20.3 Å². The molecule has 0 spiro atoms. The van der Waals surface area contributed by atoms with E-state index in [9.17, 15) is 0 Å². The number of benzene rings is 1. The molecule has 1 aromatic carbocycles. The number of fused-ring (bicyclic) bond motifs is 1. The van der Waals surface area contributed by atoms with Gasteiger partial charge in [0, 0.05) is 37.3 Å². The van der Waals surface area contributed by atoms with Crippen LogP contribution in [0, 0.1) is 6.92 Å². The number of rotatable bonds is 5. The largest absolute Gasteiger partial charge is 0.493 e. The summed E-state index contributed by atoms with van der Waals surface area (Å²) in [6, 6.07) is 10.0. The van der Waals surface area contributed by atoms with Crippen molar-refractivity contribution in [3.05, 3.63) is 36.0 Å². The van der Waals surface area contributed by atoms with Gasteiger partial charge in [0.25, 0.3) is 0 Å². The molecule has 0 radical (unpaired) electrons. The van der Waals surface area contributed by atoms with Gasteiger partial charge in [-0.1, -0.05) is 12.1 Å². The molecule has 90 valence electrons. The summed E-state index contributed by atoms with van der Waals surface area (Å²) in [5.41, 5.74) is 1.96. The summed E-state index contributed by atoms with van der Waals surface area (Å²) in [6.07, 6.45) is 0.895. The first kappa shape index (κ1) is 11.9. The Labute approximate surface area is 101 Å². The molecule has 0 saturated carbocycles. The van der Waals surface area contributed by atoms with E-state index < -0.39 is 0 Å². The summed E-state index contributed by atoms with van der Waals surface area (Å²) >= 11 is 0. The molecule has 3 nitrogen and oxygen atoms in total. The first-order valence-corrected chi connectivity index (χ1v) is 5.79. The van der Waals surface area contributed by atoms with Gasteiger partial charge in [-0.05, 0) is 19.1 Å². The first-order valence-electron chi connectivity index (χ1n) is 5.79. The molecule has 17 heavy (non-hydrogen) atoms. The summed E-state index contributed by atoms with van der Waals surface area (Å²) in [5.74, 6) is 0.907. The Hall–Kier alpha value is -1.61. The highest BCUT2D eigenvalue weighted by molar-refractivity contribution is 5.85. The van der Waals surface area contributed by atoms with Crippen LogP contribution in [-0.4, -0.2) is 25.3 Å². The van der Waals surface area contributed by atoms with Crippen LogP contribution in [-0.2, 0) is 4.74 Å². The summed E-state index contributed by atoms with van der Waals surface area (Å²) in [5, 5.41) is 1.07. The van der Waals surface area contributed by atoms with Gasteiger partial charge in [0.1, 0.15) is 5.75 Å². The Balaban J connectivity index is 2.20. The molecular formula is C14H17NO2. The molecule has 2 rings (SSSR count). The number of nitrogens with zero attached hydrogens (tertiary/aromatic N) is 1. The first-order chi connectivity index (χ1) is 8.31. The van der Waals surface area contributed by atoms with E-state index in [1.807, 2.05) is 37.3 Å². The number of pyridine rings is 1. The SMILES string of the molecule is COCCCOc1cc(C)nc2ccccc12. The lowest BCUT2D eigenvalue weighted by atomic mass is 10.2. The van der Waals surface area contributed by atoms with Crippen LogP contribution in [0.2, 0.25) is 0 Å². The third-order valence-electron chi connectivity index (χ3n) is 2.56. The quantitative estimate of drug-likeness (QED) is 0.741. The van der Waals surface area contributed by atoms with Crippen LogP contribution in [0.4, 0.5) is 0 Å². The van der Waals surface area contributed by atoms with Crippen LogP contribution in [0.25, 0.3) is 10.9 Å². The van der Waals surface area contributed by atoms with Crippen molar-refractivity contribution in [2.24, 2.45) is 0 Å². The maximum atomic E-state index is 5.78. The summed E-state index contributed by atoms with van der Waals surface area (Å²) in [7, 11) is 1.70. The summed E-state index contributed by atoms with van der Waals surface area (Å²) in [4.78, 5) is 4.48. The van der Waals surface area contributed by atoms with Crippen molar-refractivity contribution in [3.8, 4) is 5.75 Å². The number of para-hydroxylation sites is 1. The molecule has 0 aliphatic rings. The van der Waals surface area contributed by atoms with Crippen LogP contribution in [0.3, 0.4) is 0 Å². The fourth-order valence-electron chi connectivity index (χ4n) is 1.77. The van der Waals surface area contributed by atoms with E-state index in [2.05, 4.69) is 4.98 Å². The van der Waals surface area contributed by atoms with Crippen LogP contribution in [0.15, 0.2) is 30.3 Å². The molecular weight excluding hydrogens is 214 g/mol. The summed E-state index contributed by atoms with van der Waals surface area (Å²) < 4.78 is 10.8. The zero-order valence-electron chi connectivity index (χ0n) is 10.3. The molecule has 2 aromatic rings. The zero-order valence-corrected chi connectivity index (χ0v) is 10.3. The Kier molecular flexibility index (Phi) is 3.94. The average Bonchev–Trinajstić information content (AvgIpc) is 2.34. The predicted molar refractivity (Wildman–Crippen MR) is 68.5 cm³/mol. The topological polar surface area (TPSA) is 31.4 Å². The maximum Gasteiger partial charge on any atom is 0.130 e. The molecule has 1 heterocycles. The average molecular weight is 231 g/mol. The van der Waals surface area contributed by atoms with Crippen molar-refractivity contribution in [2.45, 2.75) is 13.3 Å². The van der Waals surface area contributed by atoms with Crippen molar-refractivity contribution in [1.29, 1.82) is 0 Å². The van der Waals surface area contributed by atoms with E-state index in [1.165, 1.54) is 0 Å². The minimum absolute atomic E-state index is 0.668. The second-order valence-corrected chi connectivity index (χ2v) is 3.97. The minimum atomic E-state index is 0.668. The standard InChI is InChI=1S/C14H17NO2/c1-11-10-14(17-9-5-8-16-2)12-6-3-4-7-13(12)15-11/h3-4,6-7,10H,5,8-9H2,1-2H3. The predicted octanol–water partition coefficient (Wildman–Crippen LogP) is 2.96. The second kappa shape index (κ2) is 5.64. The number of hydrogen-bond donors (Lipinski definition) is 0. The normalized spacial score (nSPS) is 10.7. The van der Waals surface area contributed by atoms with E-state index in [-0.39, 0.29) is 0 Å². The number of ether oxygens (including phenoxy) is 2. The molecule has 0 aliphatic carbocycles. The summed E-state index contributed by atoms with van der Waals surface area (Å²) in [6.45, 7) is 3.37. The van der Waals surface area contributed by atoms with Crippen molar-refractivity contribution in [3.63, 3.8) is 0 Å². The Morgan fingerprint density at radius 1 is 1.18 bits per heavy atom. The third kappa shape index (κ3) is 2.94. The van der Waals surface area contributed by atoms with Gasteiger partial charge in [0.15, 0.2) is 0 Å². The molecule has 0 fully saturated rings.